The van der Waals surface area contributed by atoms with E-state index in [2.05, 4.69) is 44.2 Å². The molecule has 19 heteroatoms. The number of β-amino-alcohol motifs (C(OH)–C–C–N with tert-alkyl or cyclic N) is 1. The number of nitrogens with one attached hydrogen (secondary N) is 2. The normalized spacial score (nSPS) is 19.3. The van der Waals surface area contributed by atoms with Crippen LogP contribution >= 0.6 is 11.6 Å². The summed E-state index contributed by atoms with van der Waals surface area (Å²) in [6.07, 6.45) is 2.58. The smallest absolute Gasteiger partial charge is 0.255 e. The van der Waals surface area contributed by atoms with Crippen molar-refractivity contribution in [2.24, 2.45) is 15.9 Å². The first kappa shape index (κ1) is 54.9. The predicted molar refractivity (Wildman–Crippen MR) is 292 cm³/mol. The third-order valence-electron chi connectivity index (χ3n) is 14.8. The molecule has 3 unspecified atom stereocenters. The van der Waals surface area contributed by atoms with E-state index in [9.17, 15) is 24.3 Å². The molecule has 5 heterocycles. The Labute approximate surface area is 454 Å². The molecule has 0 saturated carbocycles. The van der Waals surface area contributed by atoms with Gasteiger partial charge in [-0.3, -0.25) is 33.7 Å². The molecule has 1 aliphatic carbocycles. The molecule has 18 nitrogen and oxygen atoms in total. The number of ether oxygens (including phenoxy) is 4. The predicted octanol–water partition coefficient (Wildman–Crippen LogP) is 6.83. The fourth-order valence-electron chi connectivity index (χ4n) is 10.7. The van der Waals surface area contributed by atoms with Crippen molar-refractivity contribution in [2.45, 2.75) is 105 Å². The number of fused-ring (bicyclic) bond motifs is 3. The Morgan fingerprint density at radius 3 is 2.30 bits per heavy atom. The van der Waals surface area contributed by atoms with Crippen LogP contribution in [0.3, 0.4) is 0 Å². The number of hydrogen-bond donors (Lipinski definition) is 3. The van der Waals surface area contributed by atoms with Crippen LogP contribution in [0.15, 0.2) is 99.1 Å². The van der Waals surface area contributed by atoms with Gasteiger partial charge in [-0.15, -0.1) is 10.2 Å². The zero-order valence-electron chi connectivity index (χ0n) is 44.6. The van der Waals surface area contributed by atoms with Crippen LogP contribution < -0.4 is 15.4 Å². The van der Waals surface area contributed by atoms with E-state index in [4.69, 9.17) is 35.5 Å². The Kier molecular flexibility index (Phi) is 17.6. The number of aryl methyl sites for hydroxylation is 1. The van der Waals surface area contributed by atoms with Gasteiger partial charge in [-0.1, -0.05) is 73.5 Å². The molecule has 4 amide bonds. The molecule has 77 heavy (non-hydrogen) atoms. The summed E-state index contributed by atoms with van der Waals surface area (Å²) in [5, 5.41) is 26.3. The van der Waals surface area contributed by atoms with Crippen molar-refractivity contribution < 1.29 is 43.2 Å². The molecule has 4 aromatic rings. The number of hydrogen-bond acceptors (Lipinski definition) is 13. The van der Waals surface area contributed by atoms with E-state index in [1.807, 2.05) is 88.5 Å². The third kappa shape index (κ3) is 12.3. The van der Waals surface area contributed by atoms with E-state index < -0.39 is 30.1 Å². The highest BCUT2D eigenvalue weighted by molar-refractivity contribution is 6.31. The minimum atomic E-state index is -0.920. The first-order valence-corrected chi connectivity index (χ1v) is 26.9. The first-order chi connectivity index (χ1) is 37.2. The van der Waals surface area contributed by atoms with Crippen LogP contribution in [0.2, 0.25) is 5.02 Å². The van der Waals surface area contributed by atoms with Crippen molar-refractivity contribution in [3.05, 3.63) is 134 Å². The molecule has 0 bridgehead atoms. The minimum absolute atomic E-state index is 0.00777. The maximum absolute atomic E-state index is 14.3. The van der Waals surface area contributed by atoms with Crippen LogP contribution in [0.5, 0.6) is 5.75 Å². The molecule has 1 saturated heterocycles. The van der Waals surface area contributed by atoms with Gasteiger partial charge in [-0.25, -0.2) is 0 Å². The van der Waals surface area contributed by atoms with E-state index in [1.165, 1.54) is 10.5 Å². The summed E-state index contributed by atoms with van der Waals surface area (Å²) in [6.45, 7) is 14.8. The lowest BCUT2D eigenvalue weighted by atomic mass is 9.97. The van der Waals surface area contributed by atoms with E-state index in [0.717, 1.165) is 68.3 Å². The highest BCUT2D eigenvalue weighted by Gasteiger charge is 2.46. The summed E-state index contributed by atoms with van der Waals surface area (Å²) in [5.74, 6) is 0.554. The molecule has 3 aromatic carbocycles. The maximum atomic E-state index is 14.3. The monoisotopic (exact) mass is 1070 g/mol. The number of rotatable bonds is 23. The van der Waals surface area contributed by atoms with Gasteiger partial charge >= 0.3 is 0 Å². The topological polar surface area (TPSA) is 211 Å². The number of aliphatic hydroxyl groups is 1. The second-order valence-corrected chi connectivity index (χ2v) is 20.8. The van der Waals surface area contributed by atoms with Crippen molar-refractivity contribution in [2.75, 3.05) is 59.3 Å². The molecule has 1 fully saturated rings. The van der Waals surface area contributed by atoms with Gasteiger partial charge in [0.2, 0.25) is 17.7 Å². The summed E-state index contributed by atoms with van der Waals surface area (Å²) < 4.78 is 25.6. The van der Waals surface area contributed by atoms with Gasteiger partial charge in [0.15, 0.2) is 5.82 Å². The number of halogens is 1. The lowest BCUT2D eigenvalue weighted by Gasteiger charge is -2.35. The summed E-state index contributed by atoms with van der Waals surface area (Å²) in [5.41, 5.74) is 11.4. The van der Waals surface area contributed by atoms with Gasteiger partial charge < -0.3 is 44.5 Å². The van der Waals surface area contributed by atoms with E-state index in [1.54, 1.807) is 17.0 Å². The van der Waals surface area contributed by atoms with Crippen LogP contribution in [0.1, 0.15) is 111 Å². The average Bonchev–Trinajstić information content (AvgIpc) is 4.29. The summed E-state index contributed by atoms with van der Waals surface area (Å²) in [4.78, 5) is 67.7. The summed E-state index contributed by atoms with van der Waals surface area (Å²) in [6, 6.07) is 18.5. The number of amides is 4. The van der Waals surface area contributed by atoms with Crippen LogP contribution in [-0.2, 0) is 41.7 Å². The van der Waals surface area contributed by atoms with Gasteiger partial charge in [0.25, 0.3) is 5.91 Å². The van der Waals surface area contributed by atoms with Crippen molar-refractivity contribution in [1.82, 2.24) is 35.2 Å². The Balaban J connectivity index is 0.703. The molecular weight excluding hydrogens is 1000 g/mol. The zero-order chi connectivity index (χ0) is 54.3. The molecule has 9 rings (SSSR count). The van der Waals surface area contributed by atoms with Crippen molar-refractivity contribution >= 4 is 58.4 Å². The lowest BCUT2D eigenvalue weighted by Crippen LogP contribution is -2.55. The number of carbonyl (C=O) groups is 4. The number of aliphatic imine (C=N–C) groups is 2. The molecule has 3 N–H and O–H groups in total. The molecular formula is C58H68ClN9O9. The Morgan fingerprint density at radius 2 is 1.58 bits per heavy atom. The number of aromatic nitrogens is 3. The maximum Gasteiger partial charge on any atom is 0.255 e. The molecule has 4 atom stereocenters. The SMILES string of the molecule is CC1=C(C)C2=C(C1)n1c(C)nnc1C(CC(=O)NCCOCCOCCOCCOc1cc(C3=C(C)N=CC3)ccc1CNC(=O)C1CC(O)CN1C(=O)[C@H](C(C)C)N1Cc3ccccc3C1=O)N=C2c1ccc(Cl)cc1. The molecule has 0 radical (unpaired) electrons. The third-order valence-corrected chi connectivity index (χ3v) is 15.0. The van der Waals surface area contributed by atoms with Crippen LogP contribution in [0.4, 0.5) is 0 Å². The highest BCUT2D eigenvalue weighted by Crippen LogP contribution is 2.42. The Bertz CT molecular complexity index is 3050. The molecule has 5 aliphatic rings. The number of aliphatic hydroxyl groups excluding tert-OH is 1. The van der Waals surface area contributed by atoms with Crippen LogP contribution in [0, 0.1) is 12.8 Å². The number of nitrogens with zero attached hydrogens (tertiary/aromatic N) is 7. The molecule has 1 aromatic heterocycles. The number of likely N-dealkylation sites (tertiary alicyclic amines) is 1. The lowest BCUT2D eigenvalue weighted by molar-refractivity contribution is -0.143. The van der Waals surface area contributed by atoms with Crippen molar-refractivity contribution in [3.8, 4) is 5.75 Å². The van der Waals surface area contributed by atoms with Gasteiger partial charge in [-0.2, -0.15) is 0 Å². The van der Waals surface area contributed by atoms with E-state index >= 15 is 0 Å². The van der Waals surface area contributed by atoms with Crippen LogP contribution in [0.25, 0.3) is 11.3 Å². The summed E-state index contributed by atoms with van der Waals surface area (Å²) in [7, 11) is 0. The molecule has 406 valence electrons. The van der Waals surface area contributed by atoms with E-state index in [-0.39, 0.29) is 62.8 Å². The van der Waals surface area contributed by atoms with Crippen molar-refractivity contribution in [1.29, 1.82) is 0 Å². The average molecular weight is 1070 g/mol. The summed E-state index contributed by atoms with van der Waals surface area (Å²) >= 11 is 6.26. The largest absolute Gasteiger partial charge is 0.491 e. The standard InChI is InChI=1S/C58H68ClN9O9/c1-34(2)54(67-32-42-9-7-8-10-46(42)57(67)72)58(73)66-33-44(69)29-49(66)56(71)62-31-41-12-11-40(45-17-18-60-37(45)5)28-50(41)77-26-25-76-24-23-75-22-21-74-20-19-61-51(70)30-47-55-65-64-38(6)68(55)48-27-35(3)36(4)52(48)53(63-47)39-13-15-43(59)16-14-39/h7-16,18,28,34,44,47,49,54,69H,17,19-27,29-33H2,1-6H3,(H,61,70)(H,62,71)/t44?,47?,49?,54-/m0/s1. The second kappa shape index (κ2) is 24.7. The van der Waals surface area contributed by atoms with Crippen LogP contribution in [-0.4, -0.2) is 143 Å². The fourth-order valence-corrected chi connectivity index (χ4v) is 10.9. The Hall–Kier alpha value is -6.83. The highest BCUT2D eigenvalue weighted by atomic mass is 35.5. The molecule has 4 aliphatic heterocycles. The number of benzene rings is 3. The fraction of sp³-hybridized carbons (Fsp3) is 0.448. The Morgan fingerprint density at radius 1 is 0.870 bits per heavy atom. The van der Waals surface area contributed by atoms with E-state index in [0.29, 0.717) is 74.7 Å². The van der Waals surface area contributed by atoms with Gasteiger partial charge in [0, 0.05) is 90.3 Å². The quantitative estimate of drug-likeness (QED) is 0.0655. The number of allylic oxidation sites excluding steroid dienone is 6. The van der Waals surface area contributed by atoms with Gasteiger partial charge in [-0.05, 0) is 80.2 Å². The van der Waals surface area contributed by atoms with Gasteiger partial charge in [0.05, 0.1) is 57.9 Å². The minimum Gasteiger partial charge on any atom is -0.491 e. The number of carbonyl (C=O) groups excluding carboxylic acids is 4. The molecule has 0 spiro atoms. The van der Waals surface area contributed by atoms with Crippen molar-refractivity contribution in [3.63, 3.8) is 0 Å². The van der Waals surface area contributed by atoms with Gasteiger partial charge in [0.1, 0.15) is 36.3 Å². The zero-order valence-corrected chi connectivity index (χ0v) is 45.4. The first-order valence-electron chi connectivity index (χ1n) is 26.5. The second-order valence-electron chi connectivity index (χ2n) is 20.4.